The molecule has 1 aromatic heterocycles. The Labute approximate surface area is 83.7 Å². The number of hydrogen-bond acceptors (Lipinski definition) is 3. The van der Waals surface area contributed by atoms with Gasteiger partial charge in [0.2, 0.25) is 0 Å². The lowest BCUT2D eigenvalue weighted by molar-refractivity contribution is 0.658. The van der Waals surface area contributed by atoms with Crippen LogP contribution < -0.4 is 5.73 Å². The molecule has 0 saturated carbocycles. The van der Waals surface area contributed by atoms with Crippen molar-refractivity contribution in [1.82, 2.24) is 0 Å². The van der Waals surface area contributed by atoms with Gasteiger partial charge in [-0.2, -0.15) is 4.39 Å². The minimum atomic E-state index is -0.157. The highest BCUT2D eigenvalue weighted by atomic mass is 32.2. The van der Waals surface area contributed by atoms with Crippen molar-refractivity contribution >= 4 is 38.9 Å². The molecule has 1 aromatic carbocycles. The number of benzene rings is 1. The van der Waals surface area contributed by atoms with E-state index in [9.17, 15) is 4.39 Å². The third-order valence-electron chi connectivity index (χ3n) is 1.86. The number of fused-ring (bicyclic) bond motifs is 1. The maximum Gasteiger partial charge on any atom is 0.177 e. The number of nitrogen functional groups attached to an aromatic ring is 1. The highest BCUT2D eigenvalue weighted by Crippen LogP contribution is 2.35. The number of anilines is 1. The van der Waals surface area contributed by atoms with Crippen LogP contribution in [0.4, 0.5) is 10.1 Å². The first-order valence-electron chi connectivity index (χ1n) is 3.74. The standard InChI is InChI=1S/C9H8FNS2/c1-12-9-5-4-8(10)13-7(5)3-2-6(9)11/h2-4H,11H2,1H3. The molecule has 2 rings (SSSR count). The fourth-order valence-electron chi connectivity index (χ4n) is 1.30. The molecule has 0 bridgehead atoms. The monoisotopic (exact) mass is 213 g/mol. The first-order valence-corrected chi connectivity index (χ1v) is 5.78. The summed E-state index contributed by atoms with van der Waals surface area (Å²) < 4.78 is 13.9. The lowest BCUT2D eigenvalue weighted by Crippen LogP contribution is -1.87. The number of thiophene rings is 1. The largest absolute Gasteiger partial charge is 0.398 e. The summed E-state index contributed by atoms with van der Waals surface area (Å²) in [5.41, 5.74) is 6.49. The Morgan fingerprint density at radius 2 is 2.23 bits per heavy atom. The molecule has 0 fully saturated rings. The van der Waals surface area contributed by atoms with Crippen molar-refractivity contribution < 1.29 is 4.39 Å². The summed E-state index contributed by atoms with van der Waals surface area (Å²) in [6.45, 7) is 0. The van der Waals surface area contributed by atoms with Gasteiger partial charge in [0.1, 0.15) is 0 Å². The van der Waals surface area contributed by atoms with Gasteiger partial charge in [-0.05, 0) is 24.5 Å². The van der Waals surface area contributed by atoms with E-state index >= 15 is 0 Å². The lowest BCUT2D eigenvalue weighted by Gasteiger charge is -2.02. The second-order valence-electron chi connectivity index (χ2n) is 2.65. The van der Waals surface area contributed by atoms with Crippen LogP contribution in [0, 0.1) is 5.13 Å². The van der Waals surface area contributed by atoms with Gasteiger partial charge in [0.15, 0.2) is 5.13 Å². The van der Waals surface area contributed by atoms with Gasteiger partial charge in [-0.3, -0.25) is 0 Å². The van der Waals surface area contributed by atoms with Crippen LogP contribution in [-0.4, -0.2) is 6.26 Å². The smallest absolute Gasteiger partial charge is 0.177 e. The molecule has 2 aromatic rings. The molecule has 0 unspecified atom stereocenters. The predicted octanol–water partition coefficient (Wildman–Crippen LogP) is 3.34. The van der Waals surface area contributed by atoms with Crippen LogP contribution in [-0.2, 0) is 0 Å². The topological polar surface area (TPSA) is 26.0 Å². The summed E-state index contributed by atoms with van der Waals surface area (Å²) in [6.07, 6.45) is 1.95. The highest BCUT2D eigenvalue weighted by molar-refractivity contribution is 7.99. The molecule has 0 aliphatic rings. The van der Waals surface area contributed by atoms with Gasteiger partial charge in [-0.25, -0.2) is 0 Å². The fraction of sp³-hybridized carbons (Fsp3) is 0.111. The molecule has 68 valence electrons. The van der Waals surface area contributed by atoms with Crippen molar-refractivity contribution in [2.24, 2.45) is 0 Å². The second kappa shape index (κ2) is 3.20. The minimum absolute atomic E-state index is 0.157. The molecule has 0 atom stereocenters. The van der Waals surface area contributed by atoms with Crippen molar-refractivity contribution in [1.29, 1.82) is 0 Å². The average Bonchev–Trinajstić information content (AvgIpc) is 2.45. The summed E-state index contributed by atoms with van der Waals surface area (Å²) in [7, 11) is 0. The van der Waals surface area contributed by atoms with Crippen molar-refractivity contribution in [3.63, 3.8) is 0 Å². The quantitative estimate of drug-likeness (QED) is 0.580. The lowest BCUT2D eigenvalue weighted by atomic mass is 10.2. The maximum absolute atomic E-state index is 12.9. The summed E-state index contributed by atoms with van der Waals surface area (Å²) in [5, 5.41) is 0.769. The Morgan fingerprint density at radius 1 is 1.46 bits per heavy atom. The molecular formula is C9H8FNS2. The third-order valence-corrected chi connectivity index (χ3v) is 3.61. The Hall–Kier alpha value is -0.740. The molecule has 2 N–H and O–H groups in total. The Kier molecular flexibility index (Phi) is 2.17. The van der Waals surface area contributed by atoms with E-state index in [2.05, 4.69) is 0 Å². The van der Waals surface area contributed by atoms with E-state index in [1.807, 2.05) is 18.4 Å². The zero-order valence-electron chi connectivity index (χ0n) is 7.00. The Bertz CT molecular complexity index is 450. The molecule has 0 radical (unpaired) electrons. The summed E-state index contributed by atoms with van der Waals surface area (Å²) in [4.78, 5) is 0.970. The SMILES string of the molecule is CSc1c(N)ccc2sc(F)cc12. The van der Waals surface area contributed by atoms with Gasteiger partial charge in [0.05, 0.1) is 0 Å². The second-order valence-corrected chi connectivity index (χ2v) is 4.50. The van der Waals surface area contributed by atoms with Crippen LogP contribution in [0.1, 0.15) is 0 Å². The number of hydrogen-bond donors (Lipinski definition) is 1. The van der Waals surface area contributed by atoms with E-state index in [1.54, 1.807) is 17.8 Å². The third kappa shape index (κ3) is 1.40. The van der Waals surface area contributed by atoms with Gasteiger partial charge >= 0.3 is 0 Å². The van der Waals surface area contributed by atoms with E-state index in [4.69, 9.17) is 5.73 Å². The Balaban J connectivity index is 2.82. The van der Waals surface area contributed by atoms with Gasteiger partial charge in [0.25, 0.3) is 0 Å². The predicted molar refractivity (Wildman–Crippen MR) is 58.0 cm³/mol. The van der Waals surface area contributed by atoms with E-state index < -0.39 is 0 Å². The molecule has 1 heterocycles. The molecule has 13 heavy (non-hydrogen) atoms. The summed E-state index contributed by atoms with van der Waals surface area (Å²) in [6, 6.07) is 5.23. The van der Waals surface area contributed by atoms with Gasteiger partial charge in [-0.15, -0.1) is 23.1 Å². The van der Waals surface area contributed by atoms with E-state index in [0.29, 0.717) is 0 Å². The number of rotatable bonds is 1. The van der Waals surface area contributed by atoms with E-state index in [0.717, 1.165) is 32.0 Å². The van der Waals surface area contributed by atoms with Crippen LogP contribution in [0.15, 0.2) is 23.1 Å². The van der Waals surface area contributed by atoms with E-state index in [-0.39, 0.29) is 5.13 Å². The van der Waals surface area contributed by atoms with Gasteiger partial charge in [0, 0.05) is 20.7 Å². The summed E-state index contributed by atoms with van der Waals surface area (Å²) >= 11 is 2.71. The molecule has 0 aliphatic carbocycles. The zero-order valence-corrected chi connectivity index (χ0v) is 8.64. The molecule has 4 heteroatoms. The highest BCUT2D eigenvalue weighted by Gasteiger charge is 2.07. The van der Waals surface area contributed by atoms with Crippen LogP contribution in [0.3, 0.4) is 0 Å². The molecule has 0 aliphatic heterocycles. The normalized spacial score (nSPS) is 10.9. The average molecular weight is 213 g/mol. The van der Waals surface area contributed by atoms with Gasteiger partial charge < -0.3 is 5.73 Å². The van der Waals surface area contributed by atoms with Crippen molar-refractivity contribution in [2.45, 2.75) is 4.90 Å². The van der Waals surface area contributed by atoms with Crippen LogP contribution in [0.25, 0.3) is 10.1 Å². The first kappa shape index (κ1) is 8.84. The zero-order chi connectivity index (χ0) is 9.42. The maximum atomic E-state index is 12.9. The Morgan fingerprint density at radius 3 is 2.92 bits per heavy atom. The van der Waals surface area contributed by atoms with E-state index in [1.165, 1.54) is 0 Å². The minimum Gasteiger partial charge on any atom is -0.398 e. The number of nitrogens with two attached hydrogens (primary N) is 1. The van der Waals surface area contributed by atoms with Crippen LogP contribution in [0.5, 0.6) is 0 Å². The molecule has 0 saturated heterocycles. The molecule has 0 spiro atoms. The van der Waals surface area contributed by atoms with Crippen molar-refractivity contribution in [3.05, 3.63) is 23.3 Å². The molecule has 0 amide bonds. The number of halogens is 1. The van der Waals surface area contributed by atoms with Crippen LogP contribution in [0.2, 0.25) is 0 Å². The first-order chi connectivity index (χ1) is 6.22. The van der Waals surface area contributed by atoms with Crippen molar-refractivity contribution in [3.8, 4) is 0 Å². The summed E-state index contributed by atoms with van der Waals surface area (Å²) in [5.74, 6) is 0. The van der Waals surface area contributed by atoms with Crippen LogP contribution >= 0.6 is 23.1 Å². The van der Waals surface area contributed by atoms with Crippen molar-refractivity contribution in [2.75, 3.05) is 12.0 Å². The molecule has 1 nitrogen and oxygen atoms in total. The van der Waals surface area contributed by atoms with Gasteiger partial charge in [-0.1, -0.05) is 0 Å². The fourth-order valence-corrected chi connectivity index (χ4v) is 2.85. The number of thioether (sulfide) groups is 1. The molecular weight excluding hydrogens is 205 g/mol.